The van der Waals surface area contributed by atoms with E-state index in [0.29, 0.717) is 6.42 Å². The number of aliphatic hydroxyl groups excluding tert-OH is 1. The maximum Gasteiger partial charge on any atom is 0.0957 e. The Morgan fingerprint density at radius 2 is 2.06 bits per heavy atom. The first kappa shape index (κ1) is 13.2. The number of hydrogen-bond donors (Lipinski definition) is 1. The van der Waals surface area contributed by atoms with Gasteiger partial charge in [0.1, 0.15) is 0 Å². The highest BCUT2D eigenvalue weighted by atomic mass is 32.1. The van der Waals surface area contributed by atoms with Crippen LogP contribution < -0.4 is 0 Å². The standard InChI is InChI=1S/C14H18N2OS/c1-4-12-14(18-16-15-12)13(17)8-11-6-5-9(2)10(3)7-11/h5-7,13,17H,4,8H2,1-3H3. The summed E-state index contributed by atoms with van der Waals surface area (Å²) in [6, 6.07) is 6.31. The second kappa shape index (κ2) is 5.59. The Morgan fingerprint density at radius 3 is 2.72 bits per heavy atom. The molecular weight excluding hydrogens is 244 g/mol. The number of benzene rings is 1. The van der Waals surface area contributed by atoms with E-state index in [1.807, 2.05) is 6.92 Å². The molecule has 96 valence electrons. The minimum Gasteiger partial charge on any atom is -0.387 e. The van der Waals surface area contributed by atoms with Gasteiger partial charge in [-0.25, -0.2) is 0 Å². The van der Waals surface area contributed by atoms with Crippen LogP contribution in [0.5, 0.6) is 0 Å². The number of nitrogens with zero attached hydrogens (tertiary/aromatic N) is 2. The number of aliphatic hydroxyl groups is 1. The predicted molar refractivity (Wildman–Crippen MR) is 73.9 cm³/mol. The molecule has 0 saturated carbocycles. The Bertz CT molecular complexity index is 536. The van der Waals surface area contributed by atoms with Crippen molar-refractivity contribution in [3.05, 3.63) is 45.5 Å². The summed E-state index contributed by atoms with van der Waals surface area (Å²) in [4.78, 5) is 0.899. The normalized spacial score (nSPS) is 12.7. The summed E-state index contributed by atoms with van der Waals surface area (Å²) >= 11 is 1.30. The Balaban J connectivity index is 2.16. The van der Waals surface area contributed by atoms with Gasteiger partial charge in [0, 0.05) is 6.42 Å². The number of hydrogen-bond acceptors (Lipinski definition) is 4. The van der Waals surface area contributed by atoms with Gasteiger partial charge in [0.25, 0.3) is 0 Å². The number of aryl methyl sites for hydroxylation is 3. The Labute approximate surface area is 112 Å². The minimum atomic E-state index is -0.498. The van der Waals surface area contributed by atoms with E-state index >= 15 is 0 Å². The van der Waals surface area contributed by atoms with Crippen LogP contribution in [0.4, 0.5) is 0 Å². The second-order valence-corrected chi connectivity index (χ2v) is 5.36. The van der Waals surface area contributed by atoms with Crippen molar-refractivity contribution < 1.29 is 5.11 Å². The van der Waals surface area contributed by atoms with Crippen LogP contribution in [0, 0.1) is 13.8 Å². The first-order chi connectivity index (χ1) is 8.61. The third-order valence-electron chi connectivity index (χ3n) is 3.22. The lowest BCUT2D eigenvalue weighted by Gasteiger charge is -2.10. The van der Waals surface area contributed by atoms with Gasteiger partial charge in [0.2, 0.25) is 0 Å². The molecule has 0 radical (unpaired) electrons. The summed E-state index contributed by atoms with van der Waals surface area (Å²) in [6.07, 6.45) is 0.940. The van der Waals surface area contributed by atoms with Gasteiger partial charge in [-0.15, -0.1) is 5.10 Å². The molecule has 0 aliphatic heterocycles. The van der Waals surface area contributed by atoms with E-state index < -0.39 is 6.10 Å². The molecule has 1 aromatic carbocycles. The molecule has 4 heteroatoms. The van der Waals surface area contributed by atoms with Crippen molar-refractivity contribution in [2.45, 2.75) is 39.7 Å². The molecule has 0 saturated heterocycles. The fraction of sp³-hybridized carbons (Fsp3) is 0.429. The van der Waals surface area contributed by atoms with Gasteiger partial charge >= 0.3 is 0 Å². The lowest BCUT2D eigenvalue weighted by atomic mass is 10.0. The number of aromatic nitrogens is 2. The van der Waals surface area contributed by atoms with E-state index in [1.54, 1.807) is 0 Å². The SMILES string of the molecule is CCc1nnsc1C(O)Cc1ccc(C)c(C)c1. The Kier molecular flexibility index (Phi) is 4.09. The average molecular weight is 262 g/mol. The molecule has 1 heterocycles. The molecule has 0 spiro atoms. The molecule has 0 bridgehead atoms. The molecule has 0 fully saturated rings. The van der Waals surface area contributed by atoms with Crippen LogP contribution in [0.2, 0.25) is 0 Å². The molecule has 0 amide bonds. The van der Waals surface area contributed by atoms with E-state index in [9.17, 15) is 5.11 Å². The van der Waals surface area contributed by atoms with Gasteiger partial charge in [-0.05, 0) is 48.5 Å². The van der Waals surface area contributed by atoms with Crippen molar-refractivity contribution in [1.82, 2.24) is 9.59 Å². The molecule has 1 atom stereocenters. The van der Waals surface area contributed by atoms with Gasteiger partial charge in [0.15, 0.2) is 0 Å². The first-order valence-corrected chi connectivity index (χ1v) is 6.94. The van der Waals surface area contributed by atoms with Crippen molar-refractivity contribution in [2.75, 3.05) is 0 Å². The Morgan fingerprint density at radius 1 is 1.28 bits per heavy atom. The van der Waals surface area contributed by atoms with Gasteiger partial charge in [-0.1, -0.05) is 29.6 Å². The quantitative estimate of drug-likeness (QED) is 0.921. The van der Waals surface area contributed by atoms with Crippen LogP contribution in [0.15, 0.2) is 18.2 Å². The predicted octanol–water partition coefficient (Wildman–Crippen LogP) is 2.99. The molecule has 1 N–H and O–H groups in total. The van der Waals surface area contributed by atoms with Crippen LogP contribution in [0.1, 0.15) is 40.3 Å². The molecule has 1 aromatic heterocycles. The highest BCUT2D eigenvalue weighted by molar-refractivity contribution is 7.05. The van der Waals surface area contributed by atoms with E-state index in [1.165, 1.54) is 22.7 Å². The highest BCUT2D eigenvalue weighted by Gasteiger charge is 2.16. The van der Waals surface area contributed by atoms with E-state index in [0.717, 1.165) is 22.6 Å². The maximum absolute atomic E-state index is 10.3. The minimum absolute atomic E-state index is 0.498. The zero-order valence-corrected chi connectivity index (χ0v) is 11.8. The van der Waals surface area contributed by atoms with Crippen LogP contribution in [-0.2, 0) is 12.8 Å². The van der Waals surface area contributed by atoms with Crippen LogP contribution in [0.25, 0.3) is 0 Å². The lowest BCUT2D eigenvalue weighted by molar-refractivity contribution is 0.181. The topological polar surface area (TPSA) is 46.0 Å². The maximum atomic E-state index is 10.3. The zero-order chi connectivity index (χ0) is 13.1. The lowest BCUT2D eigenvalue weighted by Crippen LogP contribution is -2.03. The molecule has 3 nitrogen and oxygen atoms in total. The molecule has 0 aliphatic rings. The molecule has 18 heavy (non-hydrogen) atoms. The van der Waals surface area contributed by atoms with E-state index in [-0.39, 0.29) is 0 Å². The van der Waals surface area contributed by atoms with Crippen molar-refractivity contribution in [3.8, 4) is 0 Å². The third kappa shape index (κ3) is 2.76. The van der Waals surface area contributed by atoms with Gasteiger partial charge < -0.3 is 5.11 Å². The summed E-state index contributed by atoms with van der Waals surface area (Å²) < 4.78 is 3.92. The monoisotopic (exact) mass is 262 g/mol. The number of rotatable bonds is 4. The van der Waals surface area contributed by atoms with Crippen molar-refractivity contribution in [1.29, 1.82) is 0 Å². The van der Waals surface area contributed by atoms with Crippen molar-refractivity contribution >= 4 is 11.5 Å². The fourth-order valence-corrected chi connectivity index (χ4v) is 2.68. The average Bonchev–Trinajstić information content (AvgIpc) is 2.82. The first-order valence-electron chi connectivity index (χ1n) is 6.17. The van der Waals surface area contributed by atoms with Crippen molar-refractivity contribution in [2.24, 2.45) is 0 Å². The largest absolute Gasteiger partial charge is 0.387 e. The van der Waals surface area contributed by atoms with Crippen molar-refractivity contribution in [3.63, 3.8) is 0 Å². The fourth-order valence-electron chi connectivity index (χ4n) is 1.96. The summed E-state index contributed by atoms with van der Waals surface area (Å²) in [5.74, 6) is 0. The summed E-state index contributed by atoms with van der Waals surface area (Å²) in [5.41, 5.74) is 4.61. The molecular formula is C14H18N2OS. The summed E-state index contributed by atoms with van der Waals surface area (Å²) in [7, 11) is 0. The molecule has 2 aromatic rings. The van der Waals surface area contributed by atoms with E-state index in [4.69, 9.17) is 0 Å². The van der Waals surface area contributed by atoms with Gasteiger partial charge in [-0.3, -0.25) is 0 Å². The molecule has 2 rings (SSSR count). The smallest absolute Gasteiger partial charge is 0.0957 e. The second-order valence-electron chi connectivity index (χ2n) is 4.58. The highest BCUT2D eigenvalue weighted by Crippen LogP contribution is 2.25. The summed E-state index contributed by atoms with van der Waals surface area (Å²) in [5, 5.41) is 14.3. The van der Waals surface area contributed by atoms with Gasteiger partial charge in [-0.2, -0.15) is 0 Å². The molecule has 0 aliphatic carbocycles. The van der Waals surface area contributed by atoms with Crippen LogP contribution in [0.3, 0.4) is 0 Å². The Hall–Kier alpha value is -1.26. The third-order valence-corrected chi connectivity index (χ3v) is 4.09. The van der Waals surface area contributed by atoms with Crippen LogP contribution >= 0.6 is 11.5 Å². The van der Waals surface area contributed by atoms with Crippen LogP contribution in [-0.4, -0.2) is 14.7 Å². The molecule has 1 unspecified atom stereocenters. The summed E-state index contributed by atoms with van der Waals surface area (Å²) in [6.45, 7) is 6.22. The van der Waals surface area contributed by atoms with Gasteiger partial charge in [0.05, 0.1) is 16.7 Å². The zero-order valence-electron chi connectivity index (χ0n) is 11.0. The van der Waals surface area contributed by atoms with E-state index in [2.05, 4.69) is 41.6 Å².